The zero-order chi connectivity index (χ0) is 15.2. The first-order chi connectivity index (χ1) is 10.7. The van der Waals surface area contributed by atoms with Gasteiger partial charge in [-0.2, -0.15) is 4.98 Å². The fraction of sp³-hybridized carbons (Fsp3) is 0.533. The topological polar surface area (TPSA) is 101 Å². The molecule has 1 saturated carbocycles. The van der Waals surface area contributed by atoms with Crippen molar-refractivity contribution in [2.24, 2.45) is 5.73 Å². The second-order valence-corrected chi connectivity index (χ2v) is 6.23. The SMILES string of the molecule is Cl.NC1(c2noc(-c3c[nH]c(C(=O)N4CCCC4)c3)n2)CCC1. The molecule has 2 aliphatic rings. The monoisotopic (exact) mass is 337 g/mol. The van der Waals surface area contributed by atoms with Gasteiger partial charge in [-0.05, 0) is 38.2 Å². The number of carbonyl (C=O) groups is 1. The third kappa shape index (κ3) is 2.74. The number of likely N-dealkylation sites (tertiary alicyclic amines) is 1. The van der Waals surface area contributed by atoms with Crippen molar-refractivity contribution in [3.05, 3.63) is 23.8 Å². The summed E-state index contributed by atoms with van der Waals surface area (Å²) in [4.78, 5) is 21.6. The number of halogens is 1. The van der Waals surface area contributed by atoms with Crippen LogP contribution in [0.2, 0.25) is 0 Å². The number of amides is 1. The van der Waals surface area contributed by atoms with Crippen LogP contribution in [0.4, 0.5) is 0 Å². The smallest absolute Gasteiger partial charge is 0.270 e. The van der Waals surface area contributed by atoms with E-state index < -0.39 is 5.54 Å². The van der Waals surface area contributed by atoms with E-state index in [1.165, 1.54) is 0 Å². The van der Waals surface area contributed by atoms with Crippen molar-refractivity contribution >= 4 is 18.3 Å². The van der Waals surface area contributed by atoms with Crippen molar-refractivity contribution in [3.63, 3.8) is 0 Å². The average molecular weight is 338 g/mol. The number of rotatable bonds is 3. The average Bonchev–Trinajstić information content (AvgIpc) is 3.23. The number of H-pyrrole nitrogens is 1. The summed E-state index contributed by atoms with van der Waals surface area (Å²) in [6.07, 6.45) is 6.75. The molecule has 0 radical (unpaired) electrons. The largest absolute Gasteiger partial charge is 0.356 e. The van der Waals surface area contributed by atoms with Crippen molar-refractivity contribution in [2.45, 2.75) is 37.6 Å². The van der Waals surface area contributed by atoms with Crippen molar-refractivity contribution < 1.29 is 9.32 Å². The van der Waals surface area contributed by atoms with Gasteiger partial charge in [-0.15, -0.1) is 12.4 Å². The highest BCUT2D eigenvalue weighted by atomic mass is 35.5. The highest BCUT2D eigenvalue weighted by molar-refractivity contribution is 5.93. The molecule has 0 atom stereocenters. The number of nitrogens with zero attached hydrogens (tertiary/aromatic N) is 3. The summed E-state index contributed by atoms with van der Waals surface area (Å²) in [7, 11) is 0. The van der Waals surface area contributed by atoms with Gasteiger partial charge in [0.15, 0.2) is 5.82 Å². The van der Waals surface area contributed by atoms with Gasteiger partial charge in [0.25, 0.3) is 11.8 Å². The molecule has 124 valence electrons. The van der Waals surface area contributed by atoms with Gasteiger partial charge in [0.2, 0.25) is 0 Å². The molecule has 1 aliphatic carbocycles. The number of hydrogen-bond acceptors (Lipinski definition) is 5. The van der Waals surface area contributed by atoms with E-state index in [9.17, 15) is 4.79 Å². The summed E-state index contributed by atoms with van der Waals surface area (Å²) in [5.41, 5.74) is 7.04. The number of nitrogens with two attached hydrogens (primary N) is 1. The van der Waals surface area contributed by atoms with E-state index in [2.05, 4.69) is 15.1 Å². The molecule has 3 N–H and O–H groups in total. The summed E-state index contributed by atoms with van der Waals surface area (Å²) >= 11 is 0. The van der Waals surface area contributed by atoms with E-state index >= 15 is 0 Å². The third-order valence-electron chi connectivity index (χ3n) is 4.67. The van der Waals surface area contributed by atoms with Crippen LogP contribution in [-0.4, -0.2) is 39.0 Å². The van der Waals surface area contributed by atoms with Gasteiger partial charge in [-0.25, -0.2) is 0 Å². The van der Waals surface area contributed by atoms with E-state index in [-0.39, 0.29) is 18.3 Å². The summed E-state index contributed by atoms with van der Waals surface area (Å²) in [6, 6.07) is 1.77. The first kappa shape index (κ1) is 16.0. The minimum atomic E-state index is -0.438. The van der Waals surface area contributed by atoms with Gasteiger partial charge < -0.3 is 20.1 Å². The predicted molar refractivity (Wildman–Crippen MR) is 86.2 cm³/mol. The van der Waals surface area contributed by atoms with E-state index in [0.29, 0.717) is 17.4 Å². The maximum Gasteiger partial charge on any atom is 0.270 e. The molecule has 1 saturated heterocycles. The van der Waals surface area contributed by atoms with Crippen molar-refractivity contribution in [3.8, 4) is 11.5 Å². The Morgan fingerprint density at radius 2 is 2.04 bits per heavy atom. The van der Waals surface area contributed by atoms with Crippen LogP contribution >= 0.6 is 12.4 Å². The fourth-order valence-corrected chi connectivity index (χ4v) is 3.06. The number of carbonyl (C=O) groups excluding carboxylic acids is 1. The van der Waals surface area contributed by atoms with Gasteiger partial charge in [0.1, 0.15) is 5.69 Å². The molecule has 0 aromatic carbocycles. The lowest BCUT2D eigenvalue weighted by Gasteiger charge is -2.34. The van der Waals surface area contributed by atoms with E-state index in [0.717, 1.165) is 50.8 Å². The summed E-state index contributed by atoms with van der Waals surface area (Å²) in [6.45, 7) is 1.65. The van der Waals surface area contributed by atoms with E-state index in [4.69, 9.17) is 10.3 Å². The molecule has 23 heavy (non-hydrogen) atoms. The van der Waals surface area contributed by atoms with Crippen LogP contribution in [0.5, 0.6) is 0 Å². The van der Waals surface area contributed by atoms with Gasteiger partial charge in [-0.1, -0.05) is 5.16 Å². The zero-order valence-corrected chi connectivity index (χ0v) is 13.6. The Labute approximate surface area is 140 Å². The molecular weight excluding hydrogens is 318 g/mol. The van der Waals surface area contributed by atoms with Crippen molar-refractivity contribution in [1.82, 2.24) is 20.0 Å². The van der Waals surface area contributed by atoms with Crippen molar-refractivity contribution in [2.75, 3.05) is 13.1 Å². The van der Waals surface area contributed by atoms with Crippen LogP contribution < -0.4 is 5.73 Å². The molecule has 0 bridgehead atoms. The Morgan fingerprint density at radius 3 is 2.70 bits per heavy atom. The lowest BCUT2D eigenvalue weighted by molar-refractivity contribution is 0.0788. The zero-order valence-electron chi connectivity index (χ0n) is 12.7. The number of aromatic nitrogens is 3. The van der Waals surface area contributed by atoms with Gasteiger partial charge >= 0.3 is 0 Å². The minimum Gasteiger partial charge on any atom is -0.356 e. The normalized spacial score (nSPS) is 19.3. The predicted octanol–water partition coefficient (Wildman–Crippen LogP) is 2.06. The molecule has 4 rings (SSSR count). The molecular formula is C15H20ClN5O2. The van der Waals surface area contributed by atoms with Gasteiger partial charge in [0.05, 0.1) is 11.1 Å². The Hall–Kier alpha value is -1.86. The highest BCUT2D eigenvalue weighted by Crippen LogP contribution is 2.37. The molecule has 2 aromatic heterocycles. The summed E-state index contributed by atoms with van der Waals surface area (Å²) in [5.74, 6) is 0.989. The minimum absolute atomic E-state index is 0. The lowest BCUT2D eigenvalue weighted by atomic mass is 9.77. The summed E-state index contributed by atoms with van der Waals surface area (Å²) in [5, 5.41) is 4.00. The number of aromatic amines is 1. The van der Waals surface area contributed by atoms with Gasteiger partial charge in [-0.3, -0.25) is 4.79 Å². The Morgan fingerprint density at radius 1 is 1.30 bits per heavy atom. The molecule has 0 unspecified atom stereocenters. The number of hydrogen-bond donors (Lipinski definition) is 2. The maximum absolute atomic E-state index is 12.3. The van der Waals surface area contributed by atoms with Crippen LogP contribution in [0.1, 0.15) is 48.4 Å². The Balaban J connectivity index is 0.00000156. The van der Waals surface area contributed by atoms with Gasteiger partial charge in [0, 0.05) is 19.3 Å². The Kier molecular flexibility index (Phi) is 4.16. The van der Waals surface area contributed by atoms with E-state index in [1.807, 2.05) is 4.90 Å². The first-order valence-electron chi connectivity index (χ1n) is 7.77. The van der Waals surface area contributed by atoms with Crippen LogP contribution in [0.25, 0.3) is 11.5 Å². The molecule has 3 heterocycles. The standard InChI is InChI=1S/C15H19N5O2.ClH/c16-15(4-3-5-15)14-18-12(22-19-14)10-8-11(17-9-10)13(21)20-6-1-2-7-20;/h8-9,17H,1-7,16H2;1H. The Bertz CT molecular complexity index is 700. The van der Waals surface area contributed by atoms with Crippen LogP contribution in [0.3, 0.4) is 0 Å². The van der Waals surface area contributed by atoms with Crippen LogP contribution in [0, 0.1) is 0 Å². The first-order valence-corrected chi connectivity index (χ1v) is 7.77. The van der Waals surface area contributed by atoms with E-state index in [1.54, 1.807) is 12.3 Å². The number of nitrogens with one attached hydrogen (secondary N) is 1. The maximum atomic E-state index is 12.3. The second-order valence-electron chi connectivity index (χ2n) is 6.23. The van der Waals surface area contributed by atoms with Crippen LogP contribution in [-0.2, 0) is 5.54 Å². The molecule has 2 fully saturated rings. The molecule has 0 spiro atoms. The van der Waals surface area contributed by atoms with Crippen molar-refractivity contribution in [1.29, 1.82) is 0 Å². The third-order valence-corrected chi connectivity index (χ3v) is 4.67. The van der Waals surface area contributed by atoms with Crippen LogP contribution in [0.15, 0.2) is 16.8 Å². The highest BCUT2D eigenvalue weighted by Gasteiger charge is 2.39. The molecule has 8 heteroatoms. The fourth-order valence-electron chi connectivity index (χ4n) is 3.06. The second kappa shape index (κ2) is 5.98. The quantitative estimate of drug-likeness (QED) is 0.892. The summed E-state index contributed by atoms with van der Waals surface area (Å²) < 4.78 is 5.31. The molecule has 2 aromatic rings. The molecule has 1 amide bonds. The molecule has 7 nitrogen and oxygen atoms in total. The molecule has 1 aliphatic heterocycles. The lowest BCUT2D eigenvalue weighted by Crippen LogP contribution is -2.44.